The molecule has 1 atom stereocenters. The molecule has 1 aromatic heterocycles. The van der Waals surface area contributed by atoms with Crippen molar-refractivity contribution in [1.29, 1.82) is 0 Å². The van der Waals surface area contributed by atoms with Crippen LogP contribution in [-0.2, 0) is 0 Å². The van der Waals surface area contributed by atoms with E-state index in [0.29, 0.717) is 5.02 Å². The van der Waals surface area contributed by atoms with Crippen LogP contribution in [0.25, 0.3) is 11.0 Å². The number of para-hydroxylation sites is 2. The molecular formula is C15H14ClN3S. The average molecular weight is 304 g/mol. The van der Waals surface area contributed by atoms with Crippen LogP contribution in [0.1, 0.15) is 18.5 Å². The van der Waals surface area contributed by atoms with Gasteiger partial charge in [-0.3, -0.25) is 0 Å². The molecule has 0 aliphatic carbocycles. The van der Waals surface area contributed by atoms with Crippen molar-refractivity contribution in [3.05, 3.63) is 53.1 Å². The van der Waals surface area contributed by atoms with Gasteiger partial charge in [-0.2, -0.15) is 0 Å². The molecule has 0 radical (unpaired) electrons. The van der Waals surface area contributed by atoms with Gasteiger partial charge in [0.05, 0.1) is 16.1 Å². The zero-order valence-corrected chi connectivity index (χ0v) is 12.5. The molecule has 3 nitrogen and oxygen atoms in total. The maximum absolute atomic E-state index is 6.30. The summed E-state index contributed by atoms with van der Waals surface area (Å²) in [4.78, 5) is 8.78. The lowest BCUT2D eigenvalue weighted by Crippen LogP contribution is -2.04. The number of nitrogens with zero attached hydrogens (tertiary/aromatic N) is 1. The number of hydrogen-bond donors (Lipinski definition) is 2. The Morgan fingerprint density at radius 3 is 2.75 bits per heavy atom. The fourth-order valence-electron chi connectivity index (χ4n) is 1.96. The number of rotatable bonds is 3. The molecule has 0 unspecified atom stereocenters. The van der Waals surface area contributed by atoms with E-state index >= 15 is 0 Å². The highest BCUT2D eigenvalue weighted by atomic mass is 35.5. The van der Waals surface area contributed by atoms with Gasteiger partial charge in [-0.05, 0) is 36.8 Å². The van der Waals surface area contributed by atoms with Gasteiger partial charge in [0.25, 0.3) is 0 Å². The Kier molecular flexibility index (Phi) is 3.70. The largest absolute Gasteiger partial charge is 0.333 e. The topological polar surface area (TPSA) is 54.7 Å². The third kappa shape index (κ3) is 2.68. The minimum absolute atomic E-state index is 0.0160. The molecule has 102 valence electrons. The average Bonchev–Trinajstić information content (AvgIpc) is 2.83. The van der Waals surface area contributed by atoms with Crippen molar-refractivity contribution in [2.75, 3.05) is 0 Å². The quantitative estimate of drug-likeness (QED) is 0.754. The Hall–Kier alpha value is -1.49. The molecule has 0 amide bonds. The van der Waals surface area contributed by atoms with Gasteiger partial charge in [-0.25, -0.2) is 4.98 Å². The Morgan fingerprint density at radius 1 is 1.25 bits per heavy atom. The second kappa shape index (κ2) is 5.48. The Balaban J connectivity index is 1.90. The molecule has 3 aromatic rings. The van der Waals surface area contributed by atoms with Crippen LogP contribution in [0.4, 0.5) is 0 Å². The highest BCUT2D eigenvalue weighted by Gasteiger charge is 2.09. The lowest BCUT2D eigenvalue weighted by atomic mass is 10.1. The first kappa shape index (κ1) is 13.5. The molecule has 2 aromatic carbocycles. The number of nitrogens with one attached hydrogen (secondary N) is 1. The number of aromatic nitrogens is 2. The van der Waals surface area contributed by atoms with Crippen molar-refractivity contribution in [2.45, 2.75) is 23.0 Å². The van der Waals surface area contributed by atoms with E-state index in [1.54, 1.807) is 0 Å². The molecule has 0 spiro atoms. The molecule has 3 N–H and O–H groups in total. The van der Waals surface area contributed by atoms with Crippen molar-refractivity contribution >= 4 is 34.4 Å². The van der Waals surface area contributed by atoms with Gasteiger partial charge in [0, 0.05) is 10.9 Å². The third-order valence-corrected chi connectivity index (χ3v) is 4.44. The summed E-state index contributed by atoms with van der Waals surface area (Å²) >= 11 is 7.82. The summed E-state index contributed by atoms with van der Waals surface area (Å²) in [6.07, 6.45) is 0. The van der Waals surface area contributed by atoms with Gasteiger partial charge in [-0.15, -0.1) is 0 Å². The summed E-state index contributed by atoms with van der Waals surface area (Å²) in [6, 6.07) is 13.8. The van der Waals surface area contributed by atoms with Gasteiger partial charge in [-0.1, -0.05) is 41.6 Å². The first-order valence-electron chi connectivity index (χ1n) is 6.31. The number of imidazole rings is 1. The van der Waals surface area contributed by atoms with E-state index < -0.39 is 0 Å². The zero-order valence-electron chi connectivity index (χ0n) is 10.9. The van der Waals surface area contributed by atoms with Gasteiger partial charge >= 0.3 is 0 Å². The first-order valence-corrected chi connectivity index (χ1v) is 7.50. The summed E-state index contributed by atoms with van der Waals surface area (Å²) < 4.78 is 0. The van der Waals surface area contributed by atoms with Gasteiger partial charge in [0.15, 0.2) is 5.16 Å². The second-order valence-electron chi connectivity index (χ2n) is 4.64. The van der Waals surface area contributed by atoms with Crippen molar-refractivity contribution in [1.82, 2.24) is 9.97 Å². The first-order chi connectivity index (χ1) is 9.63. The monoisotopic (exact) mass is 303 g/mol. The number of H-pyrrole nitrogens is 1. The number of fused-ring (bicyclic) bond motifs is 1. The second-order valence-corrected chi connectivity index (χ2v) is 6.08. The van der Waals surface area contributed by atoms with Crippen LogP contribution in [0.5, 0.6) is 0 Å². The molecule has 0 aliphatic heterocycles. The van der Waals surface area contributed by atoms with E-state index in [9.17, 15) is 0 Å². The maximum atomic E-state index is 6.30. The fraction of sp³-hybridized carbons (Fsp3) is 0.133. The third-order valence-electron chi connectivity index (χ3n) is 3.06. The number of nitrogens with two attached hydrogens (primary N) is 1. The lowest BCUT2D eigenvalue weighted by Gasteiger charge is -2.08. The number of aromatic amines is 1. The van der Waals surface area contributed by atoms with Gasteiger partial charge in [0.2, 0.25) is 0 Å². The van der Waals surface area contributed by atoms with E-state index in [-0.39, 0.29) is 6.04 Å². The molecule has 0 aliphatic rings. The summed E-state index contributed by atoms with van der Waals surface area (Å²) in [5, 5.41) is 1.53. The van der Waals surface area contributed by atoms with Crippen LogP contribution in [0.2, 0.25) is 5.02 Å². The summed E-state index contributed by atoms with van der Waals surface area (Å²) in [7, 11) is 0. The Bertz CT molecular complexity index is 719. The van der Waals surface area contributed by atoms with Crippen LogP contribution in [0, 0.1) is 0 Å². The predicted octanol–water partition coefficient (Wildman–Crippen LogP) is 4.39. The van der Waals surface area contributed by atoms with Crippen LogP contribution in [-0.4, -0.2) is 9.97 Å². The lowest BCUT2D eigenvalue weighted by molar-refractivity contribution is 0.817. The summed E-state index contributed by atoms with van der Waals surface area (Å²) in [6.45, 7) is 1.94. The molecular weight excluding hydrogens is 290 g/mol. The summed E-state index contributed by atoms with van der Waals surface area (Å²) in [5.41, 5.74) is 8.87. The van der Waals surface area contributed by atoms with Crippen molar-refractivity contribution in [3.63, 3.8) is 0 Å². The normalized spacial score (nSPS) is 12.8. The minimum Gasteiger partial charge on any atom is -0.333 e. The molecule has 5 heteroatoms. The fourth-order valence-corrected chi connectivity index (χ4v) is 3.08. The number of halogens is 1. The smallest absolute Gasteiger partial charge is 0.171 e. The summed E-state index contributed by atoms with van der Waals surface area (Å²) in [5.74, 6) is 0. The van der Waals surface area contributed by atoms with E-state index in [2.05, 4.69) is 9.97 Å². The number of benzene rings is 2. The van der Waals surface area contributed by atoms with E-state index in [4.69, 9.17) is 17.3 Å². The SMILES string of the molecule is C[C@@H](N)c1ccc(Sc2nc3ccccc3[nH]2)c(Cl)c1. The van der Waals surface area contributed by atoms with Crippen molar-refractivity contribution in [2.24, 2.45) is 5.73 Å². The Labute approximate surface area is 126 Å². The van der Waals surface area contributed by atoms with E-state index in [1.165, 1.54) is 11.8 Å². The highest BCUT2D eigenvalue weighted by Crippen LogP contribution is 2.34. The Morgan fingerprint density at radius 2 is 2.05 bits per heavy atom. The molecule has 1 heterocycles. The standard InChI is InChI=1S/C15H14ClN3S/c1-9(17)10-6-7-14(11(16)8-10)20-15-18-12-4-2-3-5-13(12)19-15/h2-9H,17H2,1H3,(H,18,19)/t9-/m1/s1. The highest BCUT2D eigenvalue weighted by molar-refractivity contribution is 7.99. The molecule has 20 heavy (non-hydrogen) atoms. The molecule has 0 bridgehead atoms. The van der Waals surface area contributed by atoms with Crippen LogP contribution < -0.4 is 5.73 Å². The predicted molar refractivity (Wildman–Crippen MR) is 84.3 cm³/mol. The molecule has 0 saturated carbocycles. The van der Waals surface area contributed by atoms with Crippen LogP contribution in [0.15, 0.2) is 52.5 Å². The van der Waals surface area contributed by atoms with Crippen molar-refractivity contribution < 1.29 is 0 Å². The van der Waals surface area contributed by atoms with E-state index in [1.807, 2.05) is 49.4 Å². The van der Waals surface area contributed by atoms with Gasteiger partial charge in [0.1, 0.15) is 0 Å². The molecule has 3 rings (SSSR count). The van der Waals surface area contributed by atoms with Gasteiger partial charge < -0.3 is 10.7 Å². The van der Waals surface area contributed by atoms with Crippen molar-refractivity contribution in [3.8, 4) is 0 Å². The molecule has 0 saturated heterocycles. The van der Waals surface area contributed by atoms with Crippen LogP contribution in [0.3, 0.4) is 0 Å². The maximum Gasteiger partial charge on any atom is 0.171 e. The zero-order chi connectivity index (χ0) is 14.1. The minimum atomic E-state index is -0.0160. The number of hydrogen-bond acceptors (Lipinski definition) is 3. The van der Waals surface area contributed by atoms with Crippen LogP contribution >= 0.6 is 23.4 Å². The van der Waals surface area contributed by atoms with E-state index in [0.717, 1.165) is 26.6 Å². The molecule has 0 fully saturated rings.